The molecule has 0 radical (unpaired) electrons. The van der Waals surface area contributed by atoms with Crippen LogP contribution in [0, 0.1) is 18.8 Å². The number of rotatable bonds is 3. The number of aryl methyl sites for hydroxylation is 1. The van der Waals surface area contributed by atoms with Crippen molar-refractivity contribution in [2.75, 3.05) is 5.32 Å². The molecule has 1 heterocycles. The minimum absolute atomic E-state index is 0.634. The van der Waals surface area contributed by atoms with Crippen molar-refractivity contribution in [3.05, 3.63) is 5.01 Å². The van der Waals surface area contributed by atoms with Crippen LogP contribution in [0.15, 0.2) is 0 Å². The number of anilines is 1. The highest BCUT2D eigenvalue weighted by molar-refractivity contribution is 7.15. The van der Waals surface area contributed by atoms with E-state index in [1.165, 1.54) is 12.8 Å². The highest BCUT2D eigenvalue weighted by atomic mass is 32.1. The van der Waals surface area contributed by atoms with E-state index in [2.05, 4.69) is 29.4 Å². The second kappa shape index (κ2) is 3.85. The van der Waals surface area contributed by atoms with E-state index < -0.39 is 0 Å². The van der Waals surface area contributed by atoms with Gasteiger partial charge in [0.1, 0.15) is 5.01 Å². The summed E-state index contributed by atoms with van der Waals surface area (Å²) in [5, 5.41) is 13.5. The molecule has 4 heteroatoms. The molecule has 0 atom stereocenters. The molecule has 0 bridgehead atoms. The summed E-state index contributed by atoms with van der Waals surface area (Å²) in [7, 11) is 0. The number of hydrogen-bond acceptors (Lipinski definition) is 4. The zero-order valence-corrected chi connectivity index (χ0v) is 9.77. The molecule has 3 nitrogen and oxygen atoms in total. The van der Waals surface area contributed by atoms with Crippen LogP contribution in [0.25, 0.3) is 0 Å². The SMILES string of the molecule is Cc1nnc(NC2CC(C(C)C)C2)s1. The molecule has 0 saturated heterocycles. The predicted molar refractivity (Wildman–Crippen MR) is 59.6 cm³/mol. The topological polar surface area (TPSA) is 37.8 Å². The maximum Gasteiger partial charge on any atom is 0.205 e. The molecule has 0 aliphatic heterocycles. The first-order valence-corrected chi connectivity index (χ1v) is 6.03. The number of aromatic nitrogens is 2. The van der Waals surface area contributed by atoms with Crippen molar-refractivity contribution in [3.8, 4) is 0 Å². The van der Waals surface area contributed by atoms with Gasteiger partial charge >= 0.3 is 0 Å². The van der Waals surface area contributed by atoms with Crippen LogP contribution in [0.5, 0.6) is 0 Å². The molecule has 0 unspecified atom stereocenters. The lowest BCUT2D eigenvalue weighted by Crippen LogP contribution is -2.37. The third kappa shape index (κ3) is 2.05. The van der Waals surface area contributed by atoms with Crippen molar-refractivity contribution in [2.45, 2.75) is 39.7 Å². The summed E-state index contributed by atoms with van der Waals surface area (Å²) in [6.07, 6.45) is 2.58. The first-order chi connectivity index (χ1) is 6.65. The second-order valence-corrected chi connectivity index (χ2v) is 5.62. The first kappa shape index (κ1) is 9.90. The zero-order valence-electron chi connectivity index (χ0n) is 8.95. The fourth-order valence-electron chi connectivity index (χ4n) is 1.85. The fraction of sp³-hybridized carbons (Fsp3) is 0.800. The number of hydrogen-bond donors (Lipinski definition) is 1. The van der Waals surface area contributed by atoms with Crippen molar-refractivity contribution in [2.24, 2.45) is 11.8 Å². The van der Waals surface area contributed by atoms with E-state index in [1.807, 2.05) is 6.92 Å². The monoisotopic (exact) mass is 211 g/mol. The van der Waals surface area contributed by atoms with Gasteiger partial charge in [-0.25, -0.2) is 0 Å². The predicted octanol–water partition coefficient (Wildman–Crippen LogP) is 2.69. The molecular weight excluding hydrogens is 194 g/mol. The Hall–Kier alpha value is -0.640. The molecule has 1 aromatic rings. The molecule has 14 heavy (non-hydrogen) atoms. The molecule has 1 aliphatic carbocycles. The smallest absolute Gasteiger partial charge is 0.205 e. The largest absolute Gasteiger partial charge is 0.357 e. The highest BCUT2D eigenvalue weighted by Gasteiger charge is 2.31. The highest BCUT2D eigenvalue weighted by Crippen LogP contribution is 2.35. The summed E-state index contributed by atoms with van der Waals surface area (Å²) in [6.45, 7) is 6.59. The summed E-state index contributed by atoms with van der Waals surface area (Å²) >= 11 is 1.64. The Bertz CT molecular complexity index is 302. The van der Waals surface area contributed by atoms with E-state index in [0.717, 1.165) is 22.0 Å². The second-order valence-electron chi connectivity index (χ2n) is 4.44. The van der Waals surface area contributed by atoms with E-state index in [-0.39, 0.29) is 0 Å². The van der Waals surface area contributed by atoms with Crippen LogP contribution in [0.2, 0.25) is 0 Å². The Balaban J connectivity index is 1.79. The van der Waals surface area contributed by atoms with Gasteiger partial charge in [0.2, 0.25) is 5.13 Å². The van der Waals surface area contributed by atoms with Crippen molar-refractivity contribution in [1.82, 2.24) is 10.2 Å². The maximum atomic E-state index is 4.06. The lowest BCUT2D eigenvalue weighted by atomic mass is 9.74. The van der Waals surface area contributed by atoms with Gasteiger partial charge < -0.3 is 5.32 Å². The van der Waals surface area contributed by atoms with Crippen molar-refractivity contribution in [3.63, 3.8) is 0 Å². The molecule has 1 aliphatic rings. The standard InChI is InChI=1S/C10H17N3S/c1-6(2)8-4-9(5-8)11-10-13-12-7(3)14-10/h6,8-9H,4-5H2,1-3H3,(H,11,13). The summed E-state index contributed by atoms with van der Waals surface area (Å²) in [4.78, 5) is 0. The third-order valence-corrected chi connectivity index (χ3v) is 3.74. The zero-order chi connectivity index (χ0) is 10.1. The summed E-state index contributed by atoms with van der Waals surface area (Å²) in [5.41, 5.74) is 0. The first-order valence-electron chi connectivity index (χ1n) is 5.22. The van der Waals surface area contributed by atoms with Crippen LogP contribution >= 0.6 is 11.3 Å². The lowest BCUT2D eigenvalue weighted by Gasteiger charge is -2.38. The number of nitrogens with zero attached hydrogens (tertiary/aromatic N) is 2. The Morgan fingerprint density at radius 1 is 1.36 bits per heavy atom. The number of nitrogens with one attached hydrogen (secondary N) is 1. The molecule has 0 amide bonds. The summed E-state index contributed by atoms with van der Waals surface area (Å²) in [5.74, 6) is 1.73. The van der Waals surface area contributed by atoms with Crippen LogP contribution in [0.1, 0.15) is 31.7 Å². The Kier molecular flexibility index (Phi) is 2.72. The fourth-order valence-corrected chi connectivity index (χ4v) is 2.52. The lowest BCUT2D eigenvalue weighted by molar-refractivity contribution is 0.211. The van der Waals surface area contributed by atoms with E-state index >= 15 is 0 Å². The van der Waals surface area contributed by atoms with Crippen molar-refractivity contribution < 1.29 is 0 Å². The van der Waals surface area contributed by atoms with Crippen LogP contribution in [-0.4, -0.2) is 16.2 Å². The van der Waals surface area contributed by atoms with E-state index in [4.69, 9.17) is 0 Å². The van der Waals surface area contributed by atoms with E-state index in [1.54, 1.807) is 11.3 Å². The molecule has 78 valence electrons. The van der Waals surface area contributed by atoms with Crippen molar-refractivity contribution >= 4 is 16.5 Å². The van der Waals surface area contributed by atoms with Gasteiger partial charge in [0.15, 0.2) is 0 Å². The third-order valence-electron chi connectivity index (χ3n) is 2.97. The summed E-state index contributed by atoms with van der Waals surface area (Å²) in [6, 6.07) is 0.634. The Labute approximate surface area is 88.9 Å². The minimum Gasteiger partial charge on any atom is -0.357 e. The molecule has 1 fully saturated rings. The molecule has 1 saturated carbocycles. The van der Waals surface area contributed by atoms with Gasteiger partial charge in [-0.1, -0.05) is 25.2 Å². The van der Waals surface area contributed by atoms with Crippen LogP contribution in [-0.2, 0) is 0 Å². The van der Waals surface area contributed by atoms with Crippen LogP contribution in [0.3, 0.4) is 0 Å². The van der Waals surface area contributed by atoms with Crippen molar-refractivity contribution in [1.29, 1.82) is 0 Å². The quantitative estimate of drug-likeness (QED) is 0.835. The van der Waals surface area contributed by atoms with Gasteiger partial charge in [0, 0.05) is 6.04 Å². The molecular formula is C10H17N3S. The molecule has 0 aromatic carbocycles. The van der Waals surface area contributed by atoms with Gasteiger partial charge in [-0.2, -0.15) is 0 Å². The normalized spacial score (nSPS) is 26.3. The molecule has 2 rings (SSSR count). The maximum absolute atomic E-state index is 4.06. The average Bonchev–Trinajstić information content (AvgIpc) is 2.42. The van der Waals surface area contributed by atoms with Gasteiger partial charge in [0.05, 0.1) is 0 Å². The van der Waals surface area contributed by atoms with Gasteiger partial charge in [0.25, 0.3) is 0 Å². The van der Waals surface area contributed by atoms with Gasteiger partial charge in [-0.3, -0.25) is 0 Å². The van der Waals surface area contributed by atoms with E-state index in [0.29, 0.717) is 6.04 Å². The minimum atomic E-state index is 0.634. The Morgan fingerprint density at radius 2 is 2.07 bits per heavy atom. The van der Waals surface area contributed by atoms with Crippen LogP contribution in [0.4, 0.5) is 5.13 Å². The molecule has 1 aromatic heterocycles. The van der Waals surface area contributed by atoms with Gasteiger partial charge in [-0.15, -0.1) is 10.2 Å². The van der Waals surface area contributed by atoms with Crippen LogP contribution < -0.4 is 5.32 Å². The van der Waals surface area contributed by atoms with E-state index in [9.17, 15) is 0 Å². The molecule has 1 N–H and O–H groups in total. The Morgan fingerprint density at radius 3 is 2.57 bits per heavy atom. The molecule has 0 spiro atoms. The average molecular weight is 211 g/mol. The van der Waals surface area contributed by atoms with Gasteiger partial charge in [-0.05, 0) is 31.6 Å². The summed E-state index contributed by atoms with van der Waals surface area (Å²) < 4.78 is 0.